The number of rotatable bonds is 10. The van der Waals surface area contributed by atoms with Gasteiger partial charge in [-0.3, -0.25) is 4.79 Å². The molecule has 0 radical (unpaired) electrons. The van der Waals surface area contributed by atoms with E-state index >= 15 is 0 Å². The number of carbonyl (C=O) groups excluding carboxylic acids is 1. The van der Waals surface area contributed by atoms with E-state index in [0.717, 1.165) is 23.5 Å². The molecular formula is C23H30N2O5. The summed E-state index contributed by atoms with van der Waals surface area (Å²) in [5.74, 6) is 1.74. The highest BCUT2D eigenvalue weighted by atomic mass is 16.6. The molecule has 4 N–H and O–H groups in total. The predicted octanol–water partition coefficient (Wildman–Crippen LogP) is 2.30. The fraction of sp³-hybridized carbons (Fsp3) is 0.435. The van der Waals surface area contributed by atoms with Crippen molar-refractivity contribution in [2.24, 2.45) is 5.73 Å². The van der Waals surface area contributed by atoms with Gasteiger partial charge in [-0.2, -0.15) is 0 Å². The Labute approximate surface area is 177 Å². The molecule has 7 nitrogen and oxygen atoms in total. The number of aryl methyl sites for hydroxylation is 1. The van der Waals surface area contributed by atoms with Crippen molar-refractivity contribution in [1.29, 1.82) is 0 Å². The number of hydrogen-bond acceptors (Lipinski definition) is 6. The summed E-state index contributed by atoms with van der Waals surface area (Å²) < 4.78 is 17.3. The molecule has 162 valence electrons. The largest absolute Gasteiger partial charge is 0.492 e. The van der Waals surface area contributed by atoms with Crippen LogP contribution >= 0.6 is 0 Å². The van der Waals surface area contributed by atoms with Crippen molar-refractivity contribution in [2.45, 2.75) is 38.4 Å². The number of fused-ring (bicyclic) bond motifs is 1. The van der Waals surface area contributed by atoms with Crippen molar-refractivity contribution in [3.63, 3.8) is 0 Å². The van der Waals surface area contributed by atoms with Crippen LogP contribution in [0.1, 0.15) is 36.2 Å². The van der Waals surface area contributed by atoms with E-state index in [1.54, 1.807) is 24.3 Å². The molecule has 1 aliphatic heterocycles. The summed E-state index contributed by atoms with van der Waals surface area (Å²) in [5, 5.41) is 13.4. The van der Waals surface area contributed by atoms with Gasteiger partial charge < -0.3 is 30.4 Å². The van der Waals surface area contributed by atoms with E-state index in [2.05, 4.69) is 5.32 Å². The molecule has 2 aromatic carbocycles. The molecule has 1 atom stereocenters. The molecule has 0 saturated carbocycles. The highest BCUT2D eigenvalue weighted by Gasteiger charge is 2.28. The standard InChI is InChI=1S/C23H30N2O5/c1-23(2)15-29-21-13-16(4-10-20(21)30-23)3-7-18(26)14-25-11-12-28-19-8-5-17(6-9-19)22(24)27/h4-6,8-10,13,18,25-26H,3,7,11-12,14-15H2,1-2H3,(H2,24,27)/t18-/m1/s1. The molecule has 0 fully saturated rings. The summed E-state index contributed by atoms with van der Waals surface area (Å²) in [5.41, 5.74) is 6.46. The van der Waals surface area contributed by atoms with Gasteiger partial charge in [-0.25, -0.2) is 0 Å². The number of benzene rings is 2. The Hall–Kier alpha value is -2.77. The number of nitrogens with one attached hydrogen (secondary N) is 1. The van der Waals surface area contributed by atoms with Gasteiger partial charge >= 0.3 is 0 Å². The average molecular weight is 415 g/mol. The van der Waals surface area contributed by atoms with Crippen LogP contribution in [0.25, 0.3) is 0 Å². The van der Waals surface area contributed by atoms with Crippen molar-refractivity contribution >= 4 is 5.91 Å². The third-order valence-electron chi connectivity index (χ3n) is 4.80. The highest BCUT2D eigenvalue weighted by molar-refractivity contribution is 5.92. The van der Waals surface area contributed by atoms with Crippen LogP contribution in [0, 0.1) is 0 Å². The Morgan fingerprint density at radius 3 is 2.73 bits per heavy atom. The first kappa shape index (κ1) is 21.9. The lowest BCUT2D eigenvalue weighted by Gasteiger charge is -2.32. The van der Waals surface area contributed by atoms with E-state index in [0.29, 0.717) is 44.0 Å². The van der Waals surface area contributed by atoms with Gasteiger partial charge in [-0.1, -0.05) is 6.07 Å². The number of primary amides is 1. The predicted molar refractivity (Wildman–Crippen MR) is 114 cm³/mol. The van der Waals surface area contributed by atoms with E-state index in [9.17, 15) is 9.90 Å². The van der Waals surface area contributed by atoms with Crippen LogP contribution in [0.3, 0.4) is 0 Å². The molecular weight excluding hydrogens is 384 g/mol. The van der Waals surface area contributed by atoms with Crippen molar-refractivity contribution in [3.8, 4) is 17.2 Å². The first-order valence-electron chi connectivity index (χ1n) is 10.2. The molecule has 0 aromatic heterocycles. The van der Waals surface area contributed by atoms with Gasteiger partial charge in [0.15, 0.2) is 11.5 Å². The number of nitrogens with two attached hydrogens (primary N) is 1. The maximum atomic E-state index is 11.0. The number of carbonyl (C=O) groups is 1. The van der Waals surface area contributed by atoms with E-state index in [4.69, 9.17) is 19.9 Å². The first-order chi connectivity index (χ1) is 14.3. The van der Waals surface area contributed by atoms with E-state index in [1.165, 1.54) is 0 Å². The van der Waals surface area contributed by atoms with Crippen LogP contribution in [0.5, 0.6) is 17.2 Å². The van der Waals surface area contributed by atoms with Gasteiger partial charge in [0.05, 0.1) is 6.10 Å². The zero-order valence-electron chi connectivity index (χ0n) is 17.5. The first-order valence-corrected chi connectivity index (χ1v) is 10.2. The van der Waals surface area contributed by atoms with E-state index < -0.39 is 12.0 Å². The van der Waals surface area contributed by atoms with E-state index in [-0.39, 0.29) is 5.60 Å². The molecule has 2 aromatic rings. The second-order valence-corrected chi connectivity index (χ2v) is 8.07. The fourth-order valence-electron chi connectivity index (χ4n) is 3.14. The van der Waals surface area contributed by atoms with Gasteiger partial charge in [0, 0.05) is 18.7 Å². The van der Waals surface area contributed by atoms with Crippen LogP contribution in [0.2, 0.25) is 0 Å². The Morgan fingerprint density at radius 2 is 2.00 bits per heavy atom. The number of ether oxygens (including phenoxy) is 3. The lowest BCUT2D eigenvalue weighted by Crippen LogP contribution is -2.38. The van der Waals surface area contributed by atoms with Gasteiger partial charge in [0.1, 0.15) is 24.6 Å². The van der Waals surface area contributed by atoms with Crippen LogP contribution in [-0.2, 0) is 6.42 Å². The minimum absolute atomic E-state index is 0.312. The number of aliphatic hydroxyl groups excluding tert-OH is 1. The van der Waals surface area contributed by atoms with Crippen LogP contribution < -0.4 is 25.3 Å². The molecule has 0 saturated heterocycles. The van der Waals surface area contributed by atoms with Crippen LogP contribution in [0.15, 0.2) is 42.5 Å². The second kappa shape index (κ2) is 9.82. The Kier molecular flexibility index (Phi) is 7.18. The van der Waals surface area contributed by atoms with Gasteiger partial charge in [-0.05, 0) is 68.7 Å². The third-order valence-corrected chi connectivity index (χ3v) is 4.80. The molecule has 0 unspecified atom stereocenters. The second-order valence-electron chi connectivity index (χ2n) is 8.07. The molecule has 0 bridgehead atoms. The van der Waals surface area contributed by atoms with Gasteiger partial charge in [0.2, 0.25) is 5.91 Å². The Morgan fingerprint density at radius 1 is 1.23 bits per heavy atom. The van der Waals surface area contributed by atoms with Crippen LogP contribution in [-0.4, -0.2) is 49.0 Å². The minimum atomic E-state index is -0.461. The Bertz CT molecular complexity index is 851. The molecule has 1 heterocycles. The van der Waals surface area contributed by atoms with E-state index in [1.807, 2.05) is 32.0 Å². The summed E-state index contributed by atoms with van der Waals surface area (Å²) in [6.07, 6.45) is 0.950. The number of hydrogen-bond donors (Lipinski definition) is 3. The summed E-state index contributed by atoms with van der Waals surface area (Å²) in [6.45, 7) is 6.07. The lowest BCUT2D eigenvalue weighted by molar-refractivity contribution is 0.0212. The molecule has 1 aliphatic rings. The quantitative estimate of drug-likeness (QED) is 0.516. The highest BCUT2D eigenvalue weighted by Crippen LogP contribution is 2.36. The van der Waals surface area contributed by atoms with Crippen molar-refractivity contribution in [3.05, 3.63) is 53.6 Å². The van der Waals surface area contributed by atoms with Crippen LogP contribution in [0.4, 0.5) is 0 Å². The fourth-order valence-corrected chi connectivity index (χ4v) is 3.14. The molecule has 7 heteroatoms. The lowest BCUT2D eigenvalue weighted by atomic mass is 10.0. The Balaban J connectivity index is 1.32. The zero-order chi connectivity index (χ0) is 21.6. The maximum absolute atomic E-state index is 11.0. The third kappa shape index (κ3) is 6.37. The molecule has 0 aliphatic carbocycles. The summed E-state index contributed by atoms with van der Waals surface area (Å²) in [6, 6.07) is 12.6. The summed E-state index contributed by atoms with van der Waals surface area (Å²) in [7, 11) is 0. The molecule has 30 heavy (non-hydrogen) atoms. The normalized spacial score (nSPS) is 15.4. The van der Waals surface area contributed by atoms with Crippen molar-refractivity contribution in [2.75, 3.05) is 26.3 Å². The van der Waals surface area contributed by atoms with Crippen molar-refractivity contribution in [1.82, 2.24) is 5.32 Å². The van der Waals surface area contributed by atoms with Crippen molar-refractivity contribution < 1.29 is 24.1 Å². The summed E-state index contributed by atoms with van der Waals surface area (Å²) in [4.78, 5) is 11.0. The zero-order valence-corrected chi connectivity index (χ0v) is 17.5. The molecule has 1 amide bonds. The number of aliphatic hydroxyl groups is 1. The SMILES string of the molecule is CC1(C)COc2cc(CC[C@@H](O)CNCCOc3ccc(C(N)=O)cc3)ccc2O1. The maximum Gasteiger partial charge on any atom is 0.248 e. The smallest absolute Gasteiger partial charge is 0.248 e. The average Bonchev–Trinajstić information content (AvgIpc) is 2.71. The monoisotopic (exact) mass is 414 g/mol. The topological polar surface area (TPSA) is 103 Å². The minimum Gasteiger partial charge on any atom is -0.492 e. The molecule has 0 spiro atoms. The van der Waals surface area contributed by atoms with Gasteiger partial charge in [-0.15, -0.1) is 0 Å². The molecule has 3 rings (SSSR count). The summed E-state index contributed by atoms with van der Waals surface area (Å²) >= 11 is 0. The van der Waals surface area contributed by atoms with Gasteiger partial charge in [0.25, 0.3) is 0 Å². The number of amides is 1.